The number of anilines is 1. The van der Waals surface area contributed by atoms with Crippen LogP contribution in [0.1, 0.15) is 10.6 Å². The van der Waals surface area contributed by atoms with Crippen molar-refractivity contribution in [3.05, 3.63) is 78.8 Å². The molecule has 0 spiro atoms. The molecule has 0 bridgehead atoms. The second-order valence-electron chi connectivity index (χ2n) is 4.39. The average molecular weight is 263 g/mol. The molecule has 0 unspecified atom stereocenters. The molecule has 0 aliphatic carbocycles. The highest BCUT2D eigenvalue weighted by molar-refractivity contribution is 6.02. The van der Waals surface area contributed by atoms with Crippen molar-refractivity contribution in [1.82, 2.24) is 0 Å². The number of hydrogen-bond donors (Lipinski definition) is 1. The topological polar surface area (TPSA) is 42.2 Å². The maximum Gasteiger partial charge on any atom is 0.291 e. The smallest absolute Gasteiger partial charge is 0.291 e. The summed E-state index contributed by atoms with van der Waals surface area (Å²) >= 11 is 0. The second kappa shape index (κ2) is 5.45. The molecule has 0 saturated carbocycles. The zero-order valence-electron chi connectivity index (χ0n) is 10.7. The fourth-order valence-electron chi connectivity index (χ4n) is 1.95. The van der Waals surface area contributed by atoms with Crippen LogP contribution in [-0.2, 0) is 0 Å². The van der Waals surface area contributed by atoms with Crippen LogP contribution in [0.25, 0.3) is 11.1 Å². The lowest BCUT2D eigenvalue weighted by atomic mass is 10.1. The Morgan fingerprint density at radius 2 is 1.50 bits per heavy atom. The minimum Gasteiger partial charge on any atom is -0.459 e. The van der Waals surface area contributed by atoms with Gasteiger partial charge in [0.25, 0.3) is 5.91 Å². The number of carbonyl (C=O) groups excluding carboxylic acids is 1. The molecule has 1 N–H and O–H groups in total. The molecule has 3 aromatic rings. The van der Waals surface area contributed by atoms with Crippen LogP contribution in [0, 0.1) is 0 Å². The first-order chi connectivity index (χ1) is 9.83. The zero-order chi connectivity index (χ0) is 13.8. The Morgan fingerprint density at radius 3 is 2.20 bits per heavy atom. The van der Waals surface area contributed by atoms with E-state index in [-0.39, 0.29) is 5.91 Å². The summed E-state index contributed by atoms with van der Waals surface area (Å²) in [5.41, 5.74) is 2.66. The number of hydrogen-bond acceptors (Lipinski definition) is 2. The maximum absolute atomic E-state index is 12.1. The number of benzene rings is 2. The van der Waals surface area contributed by atoms with Gasteiger partial charge in [-0.05, 0) is 23.8 Å². The van der Waals surface area contributed by atoms with Crippen LogP contribution in [0.3, 0.4) is 0 Å². The van der Waals surface area contributed by atoms with Crippen molar-refractivity contribution in [2.24, 2.45) is 0 Å². The molecule has 98 valence electrons. The Bertz CT molecular complexity index is 702. The molecule has 0 atom stereocenters. The first-order valence-electron chi connectivity index (χ1n) is 6.33. The van der Waals surface area contributed by atoms with E-state index in [0.29, 0.717) is 5.76 Å². The van der Waals surface area contributed by atoms with Gasteiger partial charge in [-0.3, -0.25) is 4.79 Å². The number of nitrogens with one attached hydrogen (secondary N) is 1. The van der Waals surface area contributed by atoms with Gasteiger partial charge in [0.15, 0.2) is 5.76 Å². The van der Waals surface area contributed by atoms with Crippen LogP contribution < -0.4 is 5.32 Å². The van der Waals surface area contributed by atoms with Gasteiger partial charge in [-0.1, -0.05) is 48.5 Å². The van der Waals surface area contributed by atoms with Gasteiger partial charge in [-0.25, -0.2) is 0 Å². The third-order valence-electron chi connectivity index (χ3n) is 2.96. The van der Waals surface area contributed by atoms with Crippen LogP contribution in [0.2, 0.25) is 0 Å². The Labute approximate surface area is 116 Å². The van der Waals surface area contributed by atoms with E-state index in [9.17, 15) is 4.79 Å². The predicted molar refractivity (Wildman–Crippen MR) is 78.5 cm³/mol. The van der Waals surface area contributed by atoms with E-state index < -0.39 is 0 Å². The lowest BCUT2D eigenvalue weighted by molar-refractivity contribution is 0.0996. The summed E-state index contributed by atoms with van der Waals surface area (Å²) in [6.07, 6.45) is 1.59. The number of furan rings is 1. The molecule has 0 saturated heterocycles. The number of rotatable bonds is 3. The van der Waals surface area contributed by atoms with Gasteiger partial charge in [0.1, 0.15) is 0 Å². The first-order valence-corrected chi connectivity index (χ1v) is 6.33. The second-order valence-corrected chi connectivity index (χ2v) is 4.39. The fourth-order valence-corrected chi connectivity index (χ4v) is 1.95. The summed E-state index contributed by atoms with van der Waals surface area (Å²) < 4.78 is 5.34. The van der Waals surface area contributed by atoms with E-state index in [2.05, 4.69) is 5.32 Å². The fraction of sp³-hybridized carbons (Fsp3) is 0. The van der Waals surface area contributed by atoms with Crippen molar-refractivity contribution in [3.8, 4) is 11.1 Å². The largest absolute Gasteiger partial charge is 0.459 e. The highest BCUT2D eigenvalue weighted by Crippen LogP contribution is 2.22. The SMILES string of the molecule is O=C(Nc1ccccc1)c1cc(-c2ccccc2)co1. The molecule has 0 fully saturated rings. The van der Waals surface area contributed by atoms with Crippen molar-refractivity contribution in [1.29, 1.82) is 0 Å². The van der Waals surface area contributed by atoms with E-state index >= 15 is 0 Å². The van der Waals surface area contributed by atoms with Crippen molar-refractivity contribution < 1.29 is 9.21 Å². The summed E-state index contributed by atoms with van der Waals surface area (Å²) in [6, 6.07) is 20.8. The molecule has 3 heteroatoms. The van der Waals surface area contributed by atoms with Crippen LogP contribution >= 0.6 is 0 Å². The van der Waals surface area contributed by atoms with Crippen LogP contribution in [-0.4, -0.2) is 5.91 Å². The average Bonchev–Trinajstić information content (AvgIpc) is 2.99. The molecular weight excluding hydrogens is 250 g/mol. The molecule has 20 heavy (non-hydrogen) atoms. The molecule has 0 aliphatic rings. The Hall–Kier alpha value is -2.81. The molecule has 1 heterocycles. The van der Waals surface area contributed by atoms with Crippen LogP contribution in [0.4, 0.5) is 5.69 Å². The van der Waals surface area contributed by atoms with Gasteiger partial charge < -0.3 is 9.73 Å². The van der Waals surface area contributed by atoms with E-state index in [1.807, 2.05) is 60.7 Å². The van der Waals surface area contributed by atoms with Crippen molar-refractivity contribution >= 4 is 11.6 Å². The zero-order valence-corrected chi connectivity index (χ0v) is 10.7. The van der Waals surface area contributed by atoms with Crippen molar-refractivity contribution in [2.75, 3.05) is 5.32 Å². The van der Waals surface area contributed by atoms with Gasteiger partial charge in [0.05, 0.1) is 6.26 Å². The minimum absolute atomic E-state index is 0.251. The first kappa shape index (κ1) is 12.2. The van der Waals surface area contributed by atoms with Gasteiger partial charge in [-0.2, -0.15) is 0 Å². The quantitative estimate of drug-likeness (QED) is 0.769. The molecule has 1 aromatic heterocycles. The third kappa shape index (κ3) is 2.62. The lowest BCUT2D eigenvalue weighted by Crippen LogP contribution is -2.10. The molecule has 0 radical (unpaired) electrons. The van der Waals surface area contributed by atoms with E-state index in [1.54, 1.807) is 12.3 Å². The summed E-state index contributed by atoms with van der Waals surface area (Å²) in [4.78, 5) is 12.1. The molecule has 2 aromatic carbocycles. The molecular formula is C17H13NO2. The van der Waals surface area contributed by atoms with E-state index in [0.717, 1.165) is 16.8 Å². The normalized spacial score (nSPS) is 10.2. The van der Waals surface area contributed by atoms with Crippen molar-refractivity contribution in [3.63, 3.8) is 0 Å². The molecule has 0 aliphatic heterocycles. The number of carbonyl (C=O) groups is 1. The molecule has 3 nitrogen and oxygen atoms in total. The maximum atomic E-state index is 12.1. The number of amides is 1. The standard InChI is InChI=1S/C17H13NO2/c19-17(18-15-9-5-2-6-10-15)16-11-14(12-20-16)13-7-3-1-4-8-13/h1-12H,(H,18,19). The summed E-state index contributed by atoms with van der Waals surface area (Å²) in [5, 5.41) is 2.79. The van der Waals surface area contributed by atoms with Crippen LogP contribution in [0.15, 0.2) is 77.4 Å². The van der Waals surface area contributed by atoms with E-state index in [1.165, 1.54) is 0 Å². The minimum atomic E-state index is -0.251. The monoisotopic (exact) mass is 263 g/mol. The van der Waals surface area contributed by atoms with E-state index in [4.69, 9.17) is 4.42 Å². The number of para-hydroxylation sites is 1. The molecule has 3 rings (SSSR count). The van der Waals surface area contributed by atoms with Gasteiger partial charge in [0.2, 0.25) is 0 Å². The predicted octanol–water partition coefficient (Wildman–Crippen LogP) is 4.20. The van der Waals surface area contributed by atoms with Gasteiger partial charge >= 0.3 is 0 Å². The highest BCUT2D eigenvalue weighted by atomic mass is 16.3. The molecule has 1 amide bonds. The summed E-state index contributed by atoms with van der Waals surface area (Å²) in [6.45, 7) is 0. The highest BCUT2D eigenvalue weighted by Gasteiger charge is 2.12. The van der Waals surface area contributed by atoms with Crippen LogP contribution in [0.5, 0.6) is 0 Å². The summed E-state index contributed by atoms with van der Waals surface area (Å²) in [7, 11) is 0. The Morgan fingerprint density at radius 1 is 0.850 bits per heavy atom. The summed E-state index contributed by atoms with van der Waals surface area (Å²) in [5.74, 6) is 0.0473. The Balaban J connectivity index is 1.79. The van der Waals surface area contributed by atoms with Crippen molar-refractivity contribution in [2.45, 2.75) is 0 Å². The van der Waals surface area contributed by atoms with Gasteiger partial charge in [-0.15, -0.1) is 0 Å². The Kier molecular flexibility index (Phi) is 3.33. The third-order valence-corrected chi connectivity index (χ3v) is 2.96. The van der Waals surface area contributed by atoms with Gasteiger partial charge in [0, 0.05) is 11.3 Å². The lowest BCUT2D eigenvalue weighted by Gasteiger charge is -2.01.